The maximum atomic E-state index is 12.4. The summed E-state index contributed by atoms with van der Waals surface area (Å²) in [6.07, 6.45) is 10.7. The van der Waals surface area contributed by atoms with Crippen LogP contribution in [0.4, 0.5) is 11.5 Å². The van der Waals surface area contributed by atoms with Gasteiger partial charge in [-0.15, -0.1) is 0 Å². The van der Waals surface area contributed by atoms with E-state index in [4.69, 9.17) is 14.2 Å². The number of aryl methyl sites for hydroxylation is 1. The number of carbonyl (C=O) groups excluding carboxylic acids is 1. The van der Waals surface area contributed by atoms with Crippen molar-refractivity contribution in [2.45, 2.75) is 57.2 Å². The lowest BCUT2D eigenvalue weighted by molar-refractivity contribution is -0.131. The van der Waals surface area contributed by atoms with Crippen LogP contribution in [0.15, 0.2) is 67.9 Å². The summed E-state index contributed by atoms with van der Waals surface area (Å²) in [5.74, 6) is 3.60. The first-order chi connectivity index (χ1) is 21.5. The zero-order chi connectivity index (χ0) is 29.8. The molecule has 2 aromatic carbocycles. The summed E-state index contributed by atoms with van der Waals surface area (Å²) in [4.78, 5) is 27.9. The minimum atomic E-state index is -0.00573. The molecular formula is C33H31N7O4. The fraction of sp³-hybridized carbons (Fsp3) is 0.303. The molecule has 3 aliphatic heterocycles. The first-order valence-electron chi connectivity index (χ1n) is 14.9. The van der Waals surface area contributed by atoms with E-state index in [0.717, 1.165) is 77.0 Å². The van der Waals surface area contributed by atoms with Gasteiger partial charge in [0.2, 0.25) is 5.91 Å². The van der Waals surface area contributed by atoms with E-state index >= 15 is 0 Å². The minimum Gasteiger partial charge on any atom is -0.489 e. The number of benzene rings is 2. The third-order valence-corrected chi connectivity index (χ3v) is 8.87. The molecule has 222 valence electrons. The Labute approximate surface area is 253 Å². The van der Waals surface area contributed by atoms with E-state index in [1.807, 2.05) is 54.4 Å². The number of ether oxygens (including phenoxy) is 3. The standard InChI is InChI=1S/C33H31N7O4/c1-3-30(41)40-21-5-6-22(40)14-24(13-21)44-28-16-26-31(25-9-11-42-32(25)28)35-17-36-33(26)38-20-4-7-27(19(2)12-20)43-23-8-10-39-29(15-23)34-18-37-39/h3-4,7-8,10,12,15-18,21-22,24H,1,5-6,9,11,13-14H2,2H3,(H,35,36,38). The molecule has 2 atom stereocenters. The van der Waals surface area contributed by atoms with E-state index < -0.39 is 0 Å². The van der Waals surface area contributed by atoms with Crippen molar-refractivity contribution < 1.29 is 19.0 Å². The van der Waals surface area contributed by atoms with Gasteiger partial charge in [-0.25, -0.2) is 19.5 Å². The van der Waals surface area contributed by atoms with Crippen LogP contribution in [0.3, 0.4) is 0 Å². The molecule has 3 aromatic heterocycles. The van der Waals surface area contributed by atoms with Gasteiger partial charge < -0.3 is 24.4 Å². The third kappa shape index (κ3) is 4.55. The molecule has 11 heteroatoms. The molecule has 2 bridgehead atoms. The molecule has 0 radical (unpaired) electrons. The first kappa shape index (κ1) is 26.4. The Bertz CT molecular complexity index is 1930. The number of nitrogens with zero attached hydrogens (tertiary/aromatic N) is 6. The lowest BCUT2D eigenvalue weighted by atomic mass is 9.99. The SMILES string of the molecule is C=CC(=O)N1C2CCC1CC(Oc1cc3c(Nc4ccc(Oc5ccn6ncnc6c5)c(C)c4)ncnc3c3c1OCC3)C2. The Balaban J connectivity index is 1.06. The van der Waals surface area contributed by atoms with Gasteiger partial charge in [0, 0.05) is 60.2 Å². The van der Waals surface area contributed by atoms with E-state index in [1.165, 1.54) is 12.4 Å². The van der Waals surface area contributed by atoms with Crippen LogP contribution in [-0.4, -0.2) is 60.2 Å². The molecule has 2 unspecified atom stereocenters. The topological polar surface area (TPSA) is 116 Å². The smallest absolute Gasteiger partial charge is 0.246 e. The van der Waals surface area contributed by atoms with Crippen LogP contribution in [0, 0.1) is 6.92 Å². The summed E-state index contributed by atoms with van der Waals surface area (Å²) in [6.45, 7) is 6.28. The molecule has 1 amide bonds. The predicted molar refractivity (Wildman–Crippen MR) is 164 cm³/mol. The molecule has 0 spiro atoms. The van der Waals surface area contributed by atoms with Crippen molar-refractivity contribution in [3.8, 4) is 23.0 Å². The number of pyridine rings is 1. The van der Waals surface area contributed by atoms with E-state index in [-0.39, 0.29) is 24.1 Å². The number of hydrogen-bond acceptors (Lipinski definition) is 9. The van der Waals surface area contributed by atoms with E-state index in [1.54, 1.807) is 10.8 Å². The van der Waals surface area contributed by atoms with Crippen molar-refractivity contribution in [1.82, 2.24) is 29.5 Å². The lowest BCUT2D eigenvalue weighted by Gasteiger charge is -2.38. The van der Waals surface area contributed by atoms with E-state index in [9.17, 15) is 4.79 Å². The van der Waals surface area contributed by atoms with Crippen molar-refractivity contribution in [2.75, 3.05) is 11.9 Å². The second-order valence-electron chi connectivity index (χ2n) is 11.6. The highest BCUT2D eigenvalue weighted by molar-refractivity contribution is 5.96. The van der Waals surface area contributed by atoms with Crippen LogP contribution in [0.1, 0.15) is 36.8 Å². The molecule has 0 aliphatic carbocycles. The van der Waals surface area contributed by atoms with Gasteiger partial charge in [0.1, 0.15) is 36.1 Å². The summed E-state index contributed by atoms with van der Waals surface area (Å²) >= 11 is 0. The van der Waals surface area contributed by atoms with Crippen LogP contribution in [0.5, 0.6) is 23.0 Å². The highest BCUT2D eigenvalue weighted by atomic mass is 16.5. The van der Waals surface area contributed by atoms with Gasteiger partial charge in [-0.2, -0.15) is 5.10 Å². The van der Waals surface area contributed by atoms with Gasteiger partial charge in [0.25, 0.3) is 0 Å². The Morgan fingerprint density at radius 1 is 1.07 bits per heavy atom. The summed E-state index contributed by atoms with van der Waals surface area (Å²) < 4.78 is 20.6. The minimum absolute atomic E-state index is 0.00573. The van der Waals surface area contributed by atoms with Crippen LogP contribution < -0.4 is 19.5 Å². The number of hydrogen-bond donors (Lipinski definition) is 1. The maximum absolute atomic E-state index is 12.4. The fourth-order valence-electron chi connectivity index (χ4n) is 6.89. The number of nitrogens with one attached hydrogen (secondary N) is 1. The van der Waals surface area contributed by atoms with Crippen LogP contribution in [0.25, 0.3) is 16.6 Å². The number of carbonyl (C=O) groups is 1. The van der Waals surface area contributed by atoms with Crippen molar-refractivity contribution in [1.29, 1.82) is 0 Å². The average molecular weight is 590 g/mol. The van der Waals surface area contributed by atoms with Gasteiger partial charge in [-0.3, -0.25) is 4.79 Å². The lowest BCUT2D eigenvalue weighted by Crippen LogP contribution is -2.48. The zero-order valence-electron chi connectivity index (χ0n) is 24.3. The number of anilines is 2. The second kappa shape index (κ2) is 10.5. The maximum Gasteiger partial charge on any atom is 0.246 e. The Morgan fingerprint density at radius 3 is 2.75 bits per heavy atom. The molecule has 2 fully saturated rings. The normalized spacial score (nSPS) is 20.4. The monoisotopic (exact) mass is 589 g/mol. The number of amides is 1. The number of rotatable bonds is 7. The highest BCUT2D eigenvalue weighted by Crippen LogP contribution is 2.45. The summed E-state index contributed by atoms with van der Waals surface area (Å²) in [6, 6.07) is 12.0. The molecule has 11 nitrogen and oxygen atoms in total. The second-order valence-corrected chi connectivity index (χ2v) is 11.6. The van der Waals surface area contributed by atoms with Crippen molar-refractivity contribution >= 4 is 34.0 Å². The zero-order valence-corrected chi connectivity index (χ0v) is 24.3. The molecule has 2 saturated heterocycles. The van der Waals surface area contributed by atoms with Crippen LogP contribution in [-0.2, 0) is 11.2 Å². The molecule has 6 heterocycles. The van der Waals surface area contributed by atoms with Gasteiger partial charge in [-0.1, -0.05) is 6.58 Å². The molecule has 1 N–H and O–H groups in total. The molecule has 44 heavy (non-hydrogen) atoms. The number of piperidine rings is 1. The van der Waals surface area contributed by atoms with Crippen molar-refractivity contribution in [3.05, 3.63) is 79.0 Å². The summed E-state index contributed by atoms with van der Waals surface area (Å²) in [5, 5.41) is 8.49. The van der Waals surface area contributed by atoms with Crippen molar-refractivity contribution in [2.24, 2.45) is 0 Å². The Hall–Kier alpha value is -5.19. The number of fused-ring (bicyclic) bond motifs is 6. The van der Waals surface area contributed by atoms with Gasteiger partial charge in [0.05, 0.1) is 12.1 Å². The average Bonchev–Trinajstić information content (AvgIpc) is 3.77. The van der Waals surface area contributed by atoms with E-state index in [0.29, 0.717) is 23.9 Å². The predicted octanol–water partition coefficient (Wildman–Crippen LogP) is 5.54. The van der Waals surface area contributed by atoms with Crippen LogP contribution >= 0.6 is 0 Å². The van der Waals surface area contributed by atoms with Gasteiger partial charge in [-0.05, 0) is 61.7 Å². The third-order valence-electron chi connectivity index (χ3n) is 8.87. The first-order valence-corrected chi connectivity index (χ1v) is 14.9. The van der Waals surface area contributed by atoms with Gasteiger partial charge in [0.15, 0.2) is 17.1 Å². The largest absolute Gasteiger partial charge is 0.489 e. The Kier molecular flexibility index (Phi) is 6.32. The fourth-order valence-corrected chi connectivity index (χ4v) is 6.89. The Morgan fingerprint density at radius 2 is 1.93 bits per heavy atom. The summed E-state index contributed by atoms with van der Waals surface area (Å²) in [5.41, 5.74) is 4.45. The highest BCUT2D eigenvalue weighted by Gasteiger charge is 2.43. The molecule has 8 rings (SSSR count). The molecule has 0 saturated carbocycles. The van der Waals surface area contributed by atoms with Gasteiger partial charge >= 0.3 is 0 Å². The van der Waals surface area contributed by atoms with Crippen LogP contribution in [0.2, 0.25) is 0 Å². The molecule has 3 aliphatic rings. The number of aromatic nitrogens is 5. The quantitative estimate of drug-likeness (QED) is 0.244. The molecule has 5 aromatic rings. The van der Waals surface area contributed by atoms with Crippen molar-refractivity contribution in [3.63, 3.8) is 0 Å². The summed E-state index contributed by atoms with van der Waals surface area (Å²) in [7, 11) is 0. The van der Waals surface area contributed by atoms with E-state index in [2.05, 4.69) is 31.9 Å². The molecular weight excluding hydrogens is 558 g/mol.